The molecule has 1 saturated carbocycles. The van der Waals surface area contributed by atoms with E-state index in [0.29, 0.717) is 12.0 Å². The number of aromatic nitrogens is 4. The molecule has 1 aromatic carbocycles. The van der Waals surface area contributed by atoms with Gasteiger partial charge in [0.2, 0.25) is 0 Å². The lowest BCUT2D eigenvalue weighted by Gasteiger charge is -2.41. The van der Waals surface area contributed by atoms with Crippen LogP contribution in [0.1, 0.15) is 36.3 Å². The van der Waals surface area contributed by atoms with Crippen LogP contribution in [0.2, 0.25) is 0 Å². The van der Waals surface area contributed by atoms with Gasteiger partial charge in [-0.3, -0.25) is 0 Å². The molecule has 2 aromatic heterocycles. The number of aryl methyl sites for hydroxylation is 1. The zero-order chi connectivity index (χ0) is 17.0. The van der Waals surface area contributed by atoms with Gasteiger partial charge in [-0.05, 0) is 38.2 Å². The van der Waals surface area contributed by atoms with Gasteiger partial charge in [-0.1, -0.05) is 23.9 Å². The Labute approximate surface area is 151 Å². The molecule has 6 heteroatoms. The molecule has 5 nitrogen and oxygen atoms in total. The molecule has 25 heavy (non-hydrogen) atoms. The minimum atomic E-state index is 0.482. The number of nitrogens with zero attached hydrogens (tertiary/aromatic N) is 5. The van der Waals surface area contributed by atoms with Crippen LogP contribution in [-0.4, -0.2) is 38.9 Å². The van der Waals surface area contributed by atoms with Crippen molar-refractivity contribution in [2.75, 3.05) is 24.2 Å². The minimum absolute atomic E-state index is 0.482. The van der Waals surface area contributed by atoms with Crippen molar-refractivity contribution >= 4 is 28.6 Å². The van der Waals surface area contributed by atoms with Crippen LogP contribution in [-0.2, 0) is 0 Å². The predicted molar refractivity (Wildman–Crippen MR) is 102 cm³/mol. The number of para-hydroxylation sites is 2. The van der Waals surface area contributed by atoms with Crippen LogP contribution < -0.4 is 4.90 Å². The Bertz CT molecular complexity index is 940. The normalized spacial score (nSPS) is 17.9. The third-order valence-electron chi connectivity index (χ3n) is 5.12. The van der Waals surface area contributed by atoms with Crippen molar-refractivity contribution < 1.29 is 0 Å². The molecule has 1 aliphatic heterocycles. The summed E-state index contributed by atoms with van der Waals surface area (Å²) in [6.45, 7) is 4.02. The molecule has 5 rings (SSSR count). The van der Waals surface area contributed by atoms with Crippen LogP contribution in [0.15, 0.2) is 35.5 Å². The van der Waals surface area contributed by atoms with Gasteiger partial charge in [0.05, 0.1) is 17.1 Å². The monoisotopic (exact) mass is 351 g/mol. The van der Waals surface area contributed by atoms with Gasteiger partial charge in [0.25, 0.3) is 0 Å². The highest BCUT2D eigenvalue weighted by molar-refractivity contribution is 7.98. The van der Waals surface area contributed by atoms with Gasteiger partial charge in [0.1, 0.15) is 11.6 Å². The van der Waals surface area contributed by atoms with Crippen LogP contribution in [0, 0.1) is 6.92 Å². The summed E-state index contributed by atoms with van der Waals surface area (Å²) in [7, 11) is 0. The zero-order valence-corrected chi connectivity index (χ0v) is 15.3. The molecule has 0 unspecified atom stereocenters. The fraction of sp³-hybridized carbons (Fsp3) is 0.421. The Kier molecular flexibility index (Phi) is 3.48. The molecule has 0 N–H and O–H groups in total. The Morgan fingerprint density at radius 1 is 1.08 bits per heavy atom. The van der Waals surface area contributed by atoms with Crippen LogP contribution >= 0.6 is 11.8 Å². The summed E-state index contributed by atoms with van der Waals surface area (Å²) in [5.41, 5.74) is 3.44. The Balaban J connectivity index is 1.45. The average Bonchev–Trinajstić information content (AvgIpc) is 3.35. The van der Waals surface area contributed by atoms with Crippen molar-refractivity contribution in [3.63, 3.8) is 0 Å². The molecule has 0 radical (unpaired) electrons. The number of benzene rings is 1. The number of hydrogen-bond donors (Lipinski definition) is 0. The first-order chi connectivity index (χ1) is 12.2. The molecule has 0 atom stereocenters. The SMILES string of the molecule is CSc1nc(C)cc(N2CC(n3c(C4CC4)nc4ccccc43)C2)n1. The molecule has 2 fully saturated rings. The van der Waals surface area contributed by atoms with Crippen molar-refractivity contribution in [1.29, 1.82) is 0 Å². The van der Waals surface area contributed by atoms with Crippen LogP contribution in [0.25, 0.3) is 11.0 Å². The summed E-state index contributed by atoms with van der Waals surface area (Å²) in [6.07, 6.45) is 4.58. The molecule has 2 aliphatic rings. The van der Waals surface area contributed by atoms with E-state index in [-0.39, 0.29) is 0 Å². The maximum absolute atomic E-state index is 4.93. The number of fused-ring (bicyclic) bond motifs is 1. The topological polar surface area (TPSA) is 46.8 Å². The van der Waals surface area contributed by atoms with E-state index < -0.39 is 0 Å². The van der Waals surface area contributed by atoms with E-state index in [1.165, 1.54) is 24.2 Å². The fourth-order valence-electron chi connectivity index (χ4n) is 3.66. The highest BCUT2D eigenvalue weighted by Gasteiger charge is 2.36. The number of anilines is 1. The quantitative estimate of drug-likeness (QED) is 0.528. The maximum Gasteiger partial charge on any atom is 0.189 e. The first-order valence-electron chi connectivity index (χ1n) is 8.84. The second-order valence-electron chi connectivity index (χ2n) is 7.02. The van der Waals surface area contributed by atoms with Crippen LogP contribution in [0.5, 0.6) is 0 Å². The van der Waals surface area contributed by atoms with E-state index in [1.807, 2.05) is 13.2 Å². The molecule has 1 saturated heterocycles. The molecule has 128 valence electrons. The summed E-state index contributed by atoms with van der Waals surface area (Å²) in [5.74, 6) is 2.99. The summed E-state index contributed by atoms with van der Waals surface area (Å²) in [5, 5.41) is 0.852. The standard InChI is InChI=1S/C19H21N5S/c1-12-9-17(22-19(20-12)25-2)23-10-14(11-23)24-16-6-4-3-5-15(16)21-18(24)13-7-8-13/h3-6,9,13-14H,7-8,10-11H2,1-2H3. The lowest BCUT2D eigenvalue weighted by molar-refractivity contribution is 0.394. The van der Waals surface area contributed by atoms with E-state index >= 15 is 0 Å². The van der Waals surface area contributed by atoms with Crippen molar-refractivity contribution in [2.45, 2.75) is 36.9 Å². The molecular weight excluding hydrogens is 330 g/mol. The van der Waals surface area contributed by atoms with Crippen molar-refractivity contribution in [3.05, 3.63) is 41.9 Å². The number of rotatable bonds is 4. The van der Waals surface area contributed by atoms with Gasteiger partial charge in [0, 0.05) is 30.8 Å². The summed E-state index contributed by atoms with van der Waals surface area (Å²) >= 11 is 1.60. The smallest absolute Gasteiger partial charge is 0.189 e. The second-order valence-corrected chi connectivity index (χ2v) is 7.79. The zero-order valence-electron chi connectivity index (χ0n) is 14.5. The van der Waals surface area contributed by atoms with Gasteiger partial charge in [0.15, 0.2) is 5.16 Å². The number of imidazole rings is 1. The lowest BCUT2D eigenvalue weighted by atomic mass is 10.1. The van der Waals surface area contributed by atoms with Crippen molar-refractivity contribution in [2.24, 2.45) is 0 Å². The fourth-order valence-corrected chi connectivity index (χ4v) is 4.08. The Morgan fingerprint density at radius 3 is 2.64 bits per heavy atom. The molecule has 3 aromatic rings. The Morgan fingerprint density at radius 2 is 1.88 bits per heavy atom. The highest BCUT2D eigenvalue weighted by Crippen LogP contribution is 2.43. The third-order valence-corrected chi connectivity index (χ3v) is 5.67. The first kappa shape index (κ1) is 15.2. The van der Waals surface area contributed by atoms with Crippen LogP contribution in [0.4, 0.5) is 5.82 Å². The van der Waals surface area contributed by atoms with Crippen molar-refractivity contribution in [1.82, 2.24) is 19.5 Å². The second kappa shape index (κ2) is 5.73. The summed E-state index contributed by atoms with van der Waals surface area (Å²) in [6, 6.07) is 11.1. The molecular formula is C19H21N5S. The molecule has 0 spiro atoms. The van der Waals surface area contributed by atoms with Gasteiger partial charge in [-0.25, -0.2) is 15.0 Å². The molecule has 1 aliphatic carbocycles. The predicted octanol–water partition coefficient (Wildman–Crippen LogP) is 3.80. The third kappa shape index (κ3) is 2.59. The van der Waals surface area contributed by atoms with E-state index in [0.717, 1.165) is 35.3 Å². The largest absolute Gasteiger partial charge is 0.352 e. The van der Waals surface area contributed by atoms with Gasteiger partial charge in [-0.15, -0.1) is 0 Å². The highest BCUT2D eigenvalue weighted by atomic mass is 32.2. The summed E-state index contributed by atoms with van der Waals surface area (Å²) < 4.78 is 2.49. The van der Waals surface area contributed by atoms with E-state index in [4.69, 9.17) is 4.98 Å². The van der Waals surface area contributed by atoms with Gasteiger partial charge in [-0.2, -0.15) is 0 Å². The van der Waals surface area contributed by atoms with Gasteiger partial charge < -0.3 is 9.47 Å². The van der Waals surface area contributed by atoms with E-state index in [9.17, 15) is 0 Å². The Hall–Kier alpha value is -2.08. The summed E-state index contributed by atoms with van der Waals surface area (Å²) in [4.78, 5) is 16.4. The van der Waals surface area contributed by atoms with Crippen LogP contribution in [0.3, 0.4) is 0 Å². The lowest BCUT2D eigenvalue weighted by Crippen LogP contribution is -2.48. The van der Waals surface area contributed by atoms with Gasteiger partial charge >= 0.3 is 0 Å². The molecule has 0 amide bonds. The number of hydrogen-bond acceptors (Lipinski definition) is 5. The first-order valence-corrected chi connectivity index (χ1v) is 10.1. The van der Waals surface area contributed by atoms with E-state index in [2.05, 4.69) is 49.8 Å². The average molecular weight is 351 g/mol. The number of thioether (sulfide) groups is 1. The molecule has 3 heterocycles. The maximum atomic E-state index is 4.93. The molecule has 0 bridgehead atoms. The minimum Gasteiger partial charge on any atom is -0.352 e. The van der Waals surface area contributed by atoms with Crippen molar-refractivity contribution in [3.8, 4) is 0 Å². The van der Waals surface area contributed by atoms with E-state index in [1.54, 1.807) is 11.8 Å².